The fourth-order valence-electron chi connectivity index (χ4n) is 2.09. The van der Waals surface area contributed by atoms with Crippen molar-refractivity contribution in [1.82, 2.24) is 4.90 Å². The number of aliphatic carboxylic acids is 1. The predicted molar refractivity (Wildman–Crippen MR) is 60.9 cm³/mol. The van der Waals surface area contributed by atoms with Gasteiger partial charge in [-0.1, -0.05) is 20.3 Å². The van der Waals surface area contributed by atoms with Gasteiger partial charge in [0.2, 0.25) is 0 Å². The number of rotatable bonds is 8. The van der Waals surface area contributed by atoms with Gasteiger partial charge in [-0.05, 0) is 37.8 Å². The Kier molecular flexibility index (Phi) is 4.58. The Morgan fingerprint density at radius 1 is 1.40 bits per heavy atom. The lowest BCUT2D eigenvalue weighted by molar-refractivity contribution is -0.138. The summed E-state index contributed by atoms with van der Waals surface area (Å²) >= 11 is 0. The van der Waals surface area contributed by atoms with Gasteiger partial charge in [0.05, 0.1) is 6.42 Å². The third-order valence-electron chi connectivity index (χ3n) is 3.32. The number of nitrogens with zero attached hydrogens (tertiary/aromatic N) is 1. The smallest absolute Gasteiger partial charge is 0.303 e. The first-order chi connectivity index (χ1) is 7.12. The second kappa shape index (κ2) is 5.50. The summed E-state index contributed by atoms with van der Waals surface area (Å²) in [6.45, 7) is 7.50. The SMILES string of the molecule is CCCCN(CC)CC1(CC(=O)O)CC1. The molecule has 0 heterocycles. The summed E-state index contributed by atoms with van der Waals surface area (Å²) < 4.78 is 0. The van der Waals surface area contributed by atoms with Crippen LogP contribution in [0.15, 0.2) is 0 Å². The molecular formula is C12H23NO2. The monoisotopic (exact) mass is 213 g/mol. The molecule has 15 heavy (non-hydrogen) atoms. The van der Waals surface area contributed by atoms with Crippen LogP contribution < -0.4 is 0 Å². The average Bonchev–Trinajstić information content (AvgIpc) is 2.91. The third kappa shape index (κ3) is 4.20. The van der Waals surface area contributed by atoms with E-state index < -0.39 is 5.97 Å². The molecule has 0 bridgehead atoms. The number of carboxylic acids is 1. The molecule has 0 saturated heterocycles. The first-order valence-electron chi connectivity index (χ1n) is 6.06. The summed E-state index contributed by atoms with van der Waals surface area (Å²) in [5.74, 6) is -0.640. The van der Waals surface area contributed by atoms with Crippen LogP contribution in [-0.4, -0.2) is 35.6 Å². The van der Waals surface area contributed by atoms with Gasteiger partial charge in [-0.15, -0.1) is 0 Å². The van der Waals surface area contributed by atoms with E-state index in [9.17, 15) is 4.79 Å². The van der Waals surface area contributed by atoms with Crippen molar-refractivity contribution >= 4 is 5.97 Å². The van der Waals surface area contributed by atoms with Gasteiger partial charge in [-0.2, -0.15) is 0 Å². The molecule has 0 atom stereocenters. The lowest BCUT2D eigenvalue weighted by Gasteiger charge is -2.25. The summed E-state index contributed by atoms with van der Waals surface area (Å²) in [5, 5.41) is 8.83. The van der Waals surface area contributed by atoms with Crippen molar-refractivity contribution in [1.29, 1.82) is 0 Å². The second-order valence-electron chi connectivity index (χ2n) is 4.79. The van der Waals surface area contributed by atoms with Gasteiger partial charge in [-0.25, -0.2) is 0 Å². The molecule has 1 fully saturated rings. The summed E-state index contributed by atoms with van der Waals surface area (Å²) in [6, 6.07) is 0. The number of carboxylic acid groups (broad SMARTS) is 1. The van der Waals surface area contributed by atoms with Crippen LogP contribution in [0, 0.1) is 5.41 Å². The van der Waals surface area contributed by atoms with E-state index in [1.54, 1.807) is 0 Å². The van der Waals surface area contributed by atoms with Crippen LogP contribution >= 0.6 is 0 Å². The number of unbranched alkanes of at least 4 members (excludes halogenated alkanes) is 1. The van der Waals surface area contributed by atoms with E-state index in [-0.39, 0.29) is 5.41 Å². The highest BCUT2D eigenvalue weighted by Crippen LogP contribution is 2.49. The molecule has 0 aromatic rings. The van der Waals surface area contributed by atoms with Crippen LogP contribution in [0.2, 0.25) is 0 Å². The van der Waals surface area contributed by atoms with Gasteiger partial charge in [0.15, 0.2) is 0 Å². The van der Waals surface area contributed by atoms with Crippen LogP contribution in [0.1, 0.15) is 46.0 Å². The van der Waals surface area contributed by atoms with E-state index in [1.807, 2.05) is 0 Å². The number of carbonyl (C=O) groups is 1. The minimum atomic E-state index is -0.640. The van der Waals surface area contributed by atoms with Crippen LogP contribution in [0.3, 0.4) is 0 Å². The standard InChI is InChI=1S/C12H23NO2/c1-3-5-8-13(4-2)10-12(6-7-12)9-11(14)15/h3-10H2,1-2H3,(H,14,15). The van der Waals surface area contributed by atoms with E-state index in [0.29, 0.717) is 6.42 Å². The molecule has 88 valence electrons. The van der Waals surface area contributed by atoms with Crippen LogP contribution in [-0.2, 0) is 4.79 Å². The molecule has 0 unspecified atom stereocenters. The lowest BCUT2D eigenvalue weighted by atomic mass is 10.0. The Bertz CT molecular complexity index is 212. The maximum absolute atomic E-state index is 10.7. The predicted octanol–water partition coefficient (Wildman–Crippen LogP) is 2.36. The first kappa shape index (κ1) is 12.5. The molecule has 0 amide bonds. The number of hydrogen-bond donors (Lipinski definition) is 1. The van der Waals surface area contributed by atoms with E-state index in [2.05, 4.69) is 18.7 Å². The molecule has 0 aromatic heterocycles. The Morgan fingerprint density at radius 3 is 2.47 bits per heavy atom. The topological polar surface area (TPSA) is 40.5 Å². The summed E-state index contributed by atoms with van der Waals surface area (Å²) in [6.07, 6.45) is 4.99. The molecule has 0 radical (unpaired) electrons. The van der Waals surface area contributed by atoms with Gasteiger partial charge < -0.3 is 10.0 Å². The average molecular weight is 213 g/mol. The Morgan fingerprint density at radius 2 is 2.07 bits per heavy atom. The zero-order valence-electron chi connectivity index (χ0n) is 9.96. The Balaban J connectivity index is 2.33. The zero-order valence-corrected chi connectivity index (χ0v) is 9.96. The van der Waals surface area contributed by atoms with Crippen LogP contribution in [0.25, 0.3) is 0 Å². The molecule has 3 heteroatoms. The van der Waals surface area contributed by atoms with E-state index >= 15 is 0 Å². The van der Waals surface area contributed by atoms with Crippen LogP contribution in [0.4, 0.5) is 0 Å². The molecule has 1 saturated carbocycles. The van der Waals surface area contributed by atoms with Crippen molar-refractivity contribution in [3.63, 3.8) is 0 Å². The molecule has 1 aliphatic rings. The number of hydrogen-bond acceptors (Lipinski definition) is 2. The molecule has 3 nitrogen and oxygen atoms in total. The Hall–Kier alpha value is -0.570. The van der Waals surface area contributed by atoms with Gasteiger partial charge in [0.25, 0.3) is 0 Å². The highest BCUT2D eigenvalue weighted by atomic mass is 16.4. The summed E-state index contributed by atoms with van der Waals surface area (Å²) in [5.41, 5.74) is 0.121. The van der Waals surface area contributed by atoms with Crippen molar-refractivity contribution in [2.45, 2.75) is 46.0 Å². The van der Waals surface area contributed by atoms with Crippen molar-refractivity contribution in [2.24, 2.45) is 5.41 Å². The lowest BCUT2D eigenvalue weighted by Crippen LogP contribution is -2.32. The third-order valence-corrected chi connectivity index (χ3v) is 3.32. The fraction of sp³-hybridized carbons (Fsp3) is 0.917. The Labute approximate surface area is 92.5 Å². The highest BCUT2D eigenvalue weighted by molar-refractivity contribution is 5.68. The van der Waals surface area contributed by atoms with Gasteiger partial charge in [0.1, 0.15) is 0 Å². The minimum Gasteiger partial charge on any atom is -0.481 e. The first-order valence-corrected chi connectivity index (χ1v) is 6.06. The quantitative estimate of drug-likeness (QED) is 0.673. The van der Waals surface area contributed by atoms with Crippen molar-refractivity contribution < 1.29 is 9.90 Å². The van der Waals surface area contributed by atoms with Crippen LogP contribution in [0.5, 0.6) is 0 Å². The van der Waals surface area contributed by atoms with Crippen molar-refractivity contribution in [3.05, 3.63) is 0 Å². The summed E-state index contributed by atoms with van der Waals surface area (Å²) in [7, 11) is 0. The fourth-order valence-corrected chi connectivity index (χ4v) is 2.09. The van der Waals surface area contributed by atoms with Gasteiger partial charge in [-0.3, -0.25) is 4.79 Å². The largest absolute Gasteiger partial charge is 0.481 e. The normalized spacial score (nSPS) is 18.1. The molecule has 1 N–H and O–H groups in total. The molecule has 0 aromatic carbocycles. The van der Waals surface area contributed by atoms with Crippen molar-refractivity contribution in [3.8, 4) is 0 Å². The maximum atomic E-state index is 10.7. The molecule has 1 aliphatic carbocycles. The molecule has 0 aliphatic heterocycles. The minimum absolute atomic E-state index is 0.121. The molecular weight excluding hydrogens is 190 g/mol. The molecule has 0 spiro atoms. The second-order valence-corrected chi connectivity index (χ2v) is 4.79. The molecule has 1 rings (SSSR count). The van der Waals surface area contributed by atoms with Gasteiger partial charge >= 0.3 is 5.97 Å². The van der Waals surface area contributed by atoms with E-state index in [4.69, 9.17) is 5.11 Å². The summed E-state index contributed by atoms with van der Waals surface area (Å²) in [4.78, 5) is 13.1. The van der Waals surface area contributed by atoms with Gasteiger partial charge in [0, 0.05) is 6.54 Å². The maximum Gasteiger partial charge on any atom is 0.303 e. The van der Waals surface area contributed by atoms with E-state index in [0.717, 1.165) is 32.5 Å². The zero-order chi connectivity index (χ0) is 11.3. The van der Waals surface area contributed by atoms with E-state index in [1.165, 1.54) is 12.8 Å². The van der Waals surface area contributed by atoms with Crippen molar-refractivity contribution in [2.75, 3.05) is 19.6 Å². The highest BCUT2D eigenvalue weighted by Gasteiger charge is 2.45.